The molecule has 0 aliphatic carbocycles. The molecular formula is C27H31Br2ClN4O5S. The third-order valence-electron chi connectivity index (χ3n) is 7.83. The third-order valence-corrected chi connectivity index (χ3v) is 11.5. The number of ether oxygens (including phenoxy) is 1. The number of halogens is 3. The number of aromatic amines is 1. The predicted molar refractivity (Wildman–Crippen MR) is 163 cm³/mol. The van der Waals surface area contributed by atoms with Crippen LogP contribution in [0.4, 0.5) is 0 Å². The lowest BCUT2D eigenvalue weighted by atomic mass is 10.1. The SMILES string of the molecule is CCS(=O)(=O)c1ccc(Cl)cc1Cn1c(=O)[nH]c2c(Br)c(CN3CCN(C4CCOCC4)CC3)c(Br)cc2c1=O. The zero-order valence-corrected chi connectivity index (χ0v) is 26.8. The van der Waals surface area contributed by atoms with E-state index in [2.05, 4.69) is 46.6 Å². The molecule has 3 heterocycles. The maximum absolute atomic E-state index is 13.6. The van der Waals surface area contributed by atoms with E-state index in [1.54, 1.807) is 13.0 Å². The Labute approximate surface area is 254 Å². The lowest BCUT2D eigenvalue weighted by Crippen LogP contribution is -2.51. The van der Waals surface area contributed by atoms with E-state index in [4.69, 9.17) is 16.3 Å². The number of rotatable bonds is 7. The van der Waals surface area contributed by atoms with Crippen LogP contribution in [-0.2, 0) is 27.7 Å². The first-order chi connectivity index (χ1) is 19.1. The molecule has 2 aliphatic rings. The molecule has 1 aromatic heterocycles. The van der Waals surface area contributed by atoms with Gasteiger partial charge in [-0.3, -0.25) is 19.2 Å². The first-order valence-corrected chi connectivity index (χ1v) is 16.9. The van der Waals surface area contributed by atoms with E-state index in [0.29, 0.717) is 33.0 Å². The molecule has 5 rings (SSSR count). The van der Waals surface area contributed by atoms with Crippen molar-refractivity contribution in [3.8, 4) is 0 Å². The summed E-state index contributed by atoms with van der Waals surface area (Å²) in [5.41, 5.74) is 0.507. The zero-order chi connectivity index (χ0) is 28.6. The minimum atomic E-state index is -3.59. The minimum Gasteiger partial charge on any atom is -0.381 e. The first-order valence-electron chi connectivity index (χ1n) is 13.3. The molecule has 2 fully saturated rings. The van der Waals surface area contributed by atoms with Gasteiger partial charge >= 0.3 is 5.69 Å². The van der Waals surface area contributed by atoms with Crippen LogP contribution >= 0.6 is 43.5 Å². The normalized spacial score (nSPS) is 18.0. The largest absolute Gasteiger partial charge is 0.381 e. The van der Waals surface area contributed by atoms with Crippen LogP contribution < -0.4 is 11.2 Å². The van der Waals surface area contributed by atoms with Crippen LogP contribution in [0.5, 0.6) is 0 Å². The highest BCUT2D eigenvalue weighted by atomic mass is 79.9. The summed E-state index contributed by atoms with van der Waals surface area (Å²) >= 11 is 13.5. The molecule has 3 aromatic rings. The molecule has 13 heteroatoms. The van der Waals surface area contributed by atoms with Crippen molar-refractivity contribution < 1.29 is 13.2 Å². The van der Waals surface area contributed by atoms with Gasteiger partial charge in [0.1, 0.15) is 0 Å². The summed E-state index contributed by atoms with van der Waals surface area (Å²) in [6.07, 6.45) is 2.17. The van der Waals surface area contributed by atoms with Crippen molar-refractivity contribution in [3.05, 3.63) is 70.2 Å². The molecule has 40 heavy (non-hydrogen) atoms. The van der Waals surface area contributed by atoms with E-state index in [1.165, 1.54) is 18.2 Å². The fraction of sp³-hybridized carbons (Fsp3) is 0.481. The number of hydrogen-bond acceptors (Lipinski definition) is 7. The molecule has 0 unspecified atom stereocenters. The fourth-order valence-electron chi connectivity index (χ4n) is 5.51. The average molecular weight is 719 g/mol. The summed E-state index contributed by atoms with van der Waals surface area (Å²) in [4.78, 5) is 34.6. The van der Waals surface area contributed by atoms with Crippen molar-refractivity contribution in [2.75, 3.05) is 45.1 Å². The summed E-state index contributed by atoms with van der Waals surface area (Å²) in [5, 5.41) is 0.632. The number of nitrogens with one attached hydrogen (secondary N) is 1. The fourth-order valence-corrected chi connectivity index (χ4v) is 8.29. The van der Waals surface area contributed by atoms with Crippen LogP contribution in [0.3, 0.4) is 0 Å². The molecule has 0 radical (unpaired) electrons. The Morgan fingerprint density at radius 3 is 2.42 bits per heavy atom. The Morgan fingerprint density at radius 1 is 1.05 bits per heavy atom. The third kappa shape index (κ3) is 6.13. The van der Waals surface area contributed by atoms with Crippen molar-refractivity contribution in [2.24, 2.45) is 0 Å². The lowest BCUT2D eigenvalue weighted by molar-refractivity contribution is 0.0125. The van der Waals surface area contributed by atoms with Crippen LogP contribution in [0, 0.1) is 0 Å². The standard InChI is InChI=1S/C27H31Br2ClN4O5S/c1-2-40(37,38)23-4-3-18(30)13-17(23)15-34-26(35)20-14-22(28)21(24(29)25(20)31-27(34)36)16-32-7-9-33(10-8-32)19-5-11-39-12-6-19/h3-4,13-14,19H,2,5-12,15-16H2,1H3,(H,31,36). The maximum atomic E-state index is 13.6. The molecule has 1 N–H and O–H groups in total. The summed E-state index contributed by atoms with van der Waals surface area (Å²) < 4.78 is 33.2. The van der Waals surface area contributed by atoms with Gasteiger partial charge in [-0.25, -0.2) is 13.2 Å². The van der Waals surface area contributed by atoms with E-state index in [0.717, 1.165) is 66.8 Å². The number of benzene rings is 2. The summed E-state index contributed by atoms with van der Waals surface area (Å²) in [7, 11) is -3.59. The van der Waals surface area contributed by atoms with Gasteiger partial charge in [0.2, 0.25) is 0 Å². The minimum absolute atomic E-state index is 0.0559. The molecular weight excluding hydrogens is 688 g/mol. The Balaban J connectivity index is 1.43. The van der Waals surface area contributed by atoms with Crippen molar-refractivity contribution in [2.45, 2.75) is 43.8 Å². The van der Waals surface area contributed by atoms with E-state index in [9.17, 15) is 18.0 Å². The second-order valence-corrected chi connectivity index (χ2v) is 14.5. The second-order valence-electron chi connectivity index (χ2n) is 10.2. The number of hydrogen-bond donors (Lipinski definition) is 1. The highest BCUT2D eigenvalue weighted by Gasteiger charge is 2.27. The molecule has 2 aliphatic heterocycles. The van der Waals surface area contributed by atoms with E-state index >= 15 is 0 Å². The van der Waals surface area contributed by atoms with Crippen molar-refractivity contribution in [3.63, 3.8) is 0 Å². The molecule has 2 aromatic carbocycles. The number of sulfone groups is 1. The number of aromatic nitrogens is 2. The van der Waals surface area contributed by atoms with Crippen LogP contribution in [-0.4, -0.2) is 79.0 Å². The van der Waals surface area contributed by atoms with Crippen LogP contribution in [0.15, 0.2) is 47.7 Å². The van der Waals surface area contributed by atoms with Crippen LogP contribution in [0.2, 0.25) is 5.02 Å². The van der Waals surface area contributed by atoms with E-state index in [-0.39, 0.29) is 22.8 Å². The molecule has 0 atom stereocenters. The Kier molecular flexibility index (Phi) is 9.25. The summed E-state index contributed by atoms with van der Waals surface area (Å²) in [6.45, 7) is 7.48. The maximum Gasteiger partial charge on any atom is 0.329 e. The quantitative estimate of drug-likeness (QED) is 0.394. The monoisotopic (exact) mass is 716 g/mol. The van der Waals surface area contributed by atoms with Gasteiger partial charge in [-0.05, 0) is 64.2 Å². The van der Waals surface area contributed by atoms with Gasteiger partial charge in [0.25, 0.3) is 5.56 Å². The molecule has 0 bridgehead atoms. The van der Waals surface area contributed by atoms with E-state index in [1.807, 2.05) is 0 Å². The first kappa shape index (κ1) is 29.9. The number of H-pyrrole nitrogens is 1. The van der Waals surface area contributed by atoms with Gasteiger partial charge < -0.3 is 9.72 Å². The number of fused-ring (bicyclic) bond motifs is 1. The lowest BCUT2D eigenvalue weighted by Gasteiger charge is -2.40. The van der Waals surface area contributed by atoms with Crippen molar-refractivity contribution in [1.82, 2.24) is 19.4 Å². The van der Waals surface area contributed by atoms with Gasteiger partial charge in [-0.15, -0.1) is 0 Å². The van der Waals surface area contributed by atoms with Gasteiger partial charge in [-0.1, -0.05) is 34.5 Å². The molecule has 2 saturated heterocycles. The topological polar surface area (TPSA) is 105 Å². The molecule has 9 nitrogen and oxygen atoms in total. The molecule has 0 amide bonds. The number of nitrogens with zero attached hydrogens (tertiary/aromatic N) is 3. The summed E-state index contributed by atoms with van der Waals surface area (Å²) in [6, 6.07) is 6.70. The number of piperazine rings is 1. The Hall–Kier alpha value is -1.54. The van der Waals surface area contributed by atoms with Gasteiger partial charge in [-0.2, -0.15) is 0 Å². The molecule has 0 spiro atoms. The van der Waals surface area contributed by atoms with E-state index < -0.39 is 21.1 Å². The van der Waals surface area contributed by atoms with Gasteiger partial charge in [0, 0.05) is 65.9 Å². The van der Waals surface area contributed by atoms with Crippen LogP contribution in [0.1, 0.15) is 30.9 Å². The average Bonchev–Trinajstić information content (AvgIpc) is 2.95. The summed E-state index contributed by atoms with van der Waals surface area (Å²) in [5.74, 6) is -0.113. The van der Waals surface area contributed by atoms with Crippen molar-refractivity contribution >= 4 is 64.2 Å². The Bertz CT molecular complexity index is 1650. The molecule has 216 valence electrons. The highest BCUT2D eigenvalue weighted by molar-refractivity contribution is 9.11. The predicted octanol–water partition coefficient (Wildman–Crippen LogP) is 4.01. The second kappa shape index (κ2) is 12.4. The zero-order valence-electron chi connectivity index (χ0n) is 22.1. The smallest absolute Gasteiger partial charge is 0.329 e. The van der Waals surface area contributed by atoms with Crippen LogP contribution in [0.25, 0.3) is 10.9 Å². The highest BCUT2D eigenvalue weighted by Crippen LogP contribution is 2.33. The molecule has 0 saturated carbocycles. The van der Waals surface area contributed by atoms with Crippen molar-refractivity contribution in [1.29, 1.82) is 0 Å². The Morgan fingerprint density at radius 2 is 1.75 bits per heavy atom. The van der Waals surface area contributed by atoms with Gasteiger partial charge in [0.15, 0.2) is 9.84 Å². The van der Waals surface area contributed by atoms with Gasteiger partial charge in [0.05, 0.1) is 28.1 Å².